The summed E-state index contributed by atoms with van der Waals surface area (Å²) in [6, 6.07) is 40.3. The number of hydrogen-bond donors (Lipinski definition) is 0. The summed E-state index contributed by atoms with van der Waals surface area (Å²) in [4.78, 5) is 5.28. The van der Waals surface area contributed by atoms with Gasteiger partial charge in [0.1, 0.15) is 0 Å². The maximum absolute atomic E-state index is 2.65. The van der Waals surface area contributed by atoms with Crippen molar-refractivity contribution in [2.45, 2.75) is 78.1 Å². The van der Waals surface area contributed by atoms with Crippen LogP contribution in [-0.4, -0.2) is 6.71 Å². The molecule has 2 aliphatic carbocycles. The second-order valence-corrected chi connectivity index (χ2v) is 16.0. The summed E-state index contributed by atoms with van der Waals surface area (Å²) in [5, 5.41) is 2.85. The fourth-order valence-corrected chi connectivity index (χ4v) is 9.66. The molecule has 6 aromatic rings. The average Bonchev–Trinajstić information content (AvgIpc) is 3.12. The van der Waals surface area contributed by atoms with Gasteiger partial charge in [0.25, 0.3) is 6.71 Å². The van der Waals surface area contributed by atoms with Crippen molar-refractivity contribution in [3.8, 4) is 0 Å². The second-order valence-electron chi connectivity index (χ2n) is 16.0. The lowest BCUT2D eigenvalue weighted by Gasteiger charge is -2.46. The summed E-state index contributed by atoms with van der Waals surface area (Å²) in [7, 11) is 0. The molecule has 0 spiro atoms. The molecule has 0 N–H and O–H groups in total. The molecular weight excluding hydrogens is 591 g/mol. The Morgan fingerprint density at radius 1 is 0.571 bits per heavy atom. The van der Waals surface area contributed by atoms with Crippen LogP contribution in [-0.2, 0) is 31.1 Å². The standard InChI is InChI=1S/C46H43BN2/c1-29-26-41-44-42(27-29)49(39-25-21-32-14-10-13-31-15-11-19-36(39)43(31)32)40-28-33(46(2,3)4)22-24-37(40)47(44)38-23-20-30-12-8-9-18-35(30)45(38)48(41)34-16-6-5-7-17-34/h5-7,11,15-17,19-28H,8-10,12-14,18H2,1-4H3. The number of benzene rings is 6. The van der Waals surface area contributed by atoms with Crippen molar-refractivity contribution in [2.75, 3.05) is 9.80 Å². The first-order valence-electron chi connectivity index (χ1n) is 18.5. The molecule has 0 unspecified atom stereocenters. The van der Waals surface area contributed by atoms with Gasteiger partial charge in [0.2, 0.25) is 0 Å². The van der Waals surface area contributed by atoms with E-state index in [4.69, 9.17) is 0 Å². The molecule has 0 saturated heterocycles. The van der Waals surface area contributed by atoms with Crippen molar-refractivity contribution in [2.24, 2.45) is 0 Å². The molecule has 0 amide bonds. The number of hydrogen-bond acceptors (Lipinski definition) is 2. The van der Waals surface area contributed by atoms with Gasteiger partial charge in [0.05, 0.1) is 5.69 Å². The number of fused-ring (bicyclic) bond motifs is 6. The van der Waals surface area contributed by atoms with Gasteiger partial charge in [-0.1, -0.05) is 87.5 Å². The molecule has 3 heteroatoms. The zero-order valence-electron chi connectivity index (χ0n) is 29.2. The van der Waals surface area contributed by atoms with E-state index in [0.29, 0.717) is 0 Å². The highest BCUT2D eigenvalue weighted by atomic mass is 15.2. The topological polar surface area (TPSA) is 6.48 Å². The molecule has 4 aliphatic rings. The maximum Gasteiger partial charge on any atom is 0.252 e. The Hall–Kier alpha value is -4.76. The number of nitrogens with zero attached hydrogens (tertiary/aromatic N) is 2. The highest BCUT2D eigenvalue weighted by molar-refractivity contribution is 7.00. The van der Waals surface area contributed by atoms with Crippen molar-refractivity contribution in [1.82, 2.24) is 0 Å². The maximum atomic E-state index is 2.65. The van der Waals surface area contributed by atoms with E-state index in [-0.39, 0.29) is 12.1 Å². The van der Waals surface area contributed by atoms with Gasteiger partial charge in [-0.05, 0) is 149 Å². The first kappa shape index (κ1) is 29.2. The molecule has 10 rings (SSSR count). The second kappa shape index (κ2) is 10.6. The monoisotopic (exact) mass is 634 g/mol. The van der Waals surface area contributed by atoms with E-state index in [0.717, 1.165) is 19.3 Å². The predicted octanol–water partition coefficient (Wildman–Crippen LogP) is 9.90. The van der Waals surface area contributed by atoms with E-state index in [2.05, 4.69) is 141 Å². The van der Waals surface area contributed by atoms with Crippen molar-refractivity contribution < 1.29 is 0 Å². The van der Waals surface area contributed by atoms with Gasteiger partial charge >= 0.3 is 0 Å². The summed E-state index contributed by atoms with van der Waals surface area (Å²) in [5.74, 6) is 0. The normalized spacial score (nSPS) is 15.9. The Kier molecular flexibility index (Phi) is 6.33. The SMILES string of the molecule is Cc1cc2c3c(c1)N(c1ccc4c5c(cccc15)CCC4)c1cc(C(C)(C)C)ccc1B3c1ccc3c(c1N2c1ccccc1)CCCC3. The Morgan fingerprint density at radius 2 is 1.29 bits per heavy atom. The molecule has 0 atom stereocenters. The lowest BCUT2D eigenvalue weighted by Crippen LogP contribution is -2.61. The van der Waals surface area contributed by atoms with Gasteiger partial charge in [0.15, 0.2) is 0 Å². The highest BCUT2D eigenvalue weighted by Crippen LogP contribution is 2.49. The van der Waals surface area contributed by atoms with Crippen molar-refractivity contribution in [1.29, 1.82) is 0 Å². The van der Waals surface area contributed by atoms with Crippen molar-refractivity contribution in [3.63, 3.8) is 0 Å². The summed E-state index contributed by atoms with van der Waals surface area (Å²) < 4.78 is 0. The molecule has 0 radical (unpaired) electrons. The third-order valence-corrected chi connectivity index (χ3v) is 11.9. The predicted molar refractivity (Wildman–Crippen MR) is 210 cm³/mol. The van der Waals surface area contributed by atoms with Crippen LogP contribution in [0.2, 0.25) is 0 Å². The van der Waals surface area contributed by atoms with Gasteiger partial charge in [0, 0.05) is 33.8 Å². The number of aryl methyl sites for hydroxylation is 4. The molecule has 6 aromatic carbocycles. The van der Waals surface area contributed by atoms with Gasteiger partial charge in [-0.3, -0.25) is 0 Å². The Bertz CT molecular complexity index is 2320. The van der Waals surface area contributed by atoms with Crippen LogP contribution in [0.15, 0.2) is 103 Å². The van der Waals surface area contributed by atoms with Crippen molar-refractivity contribution >= 4 is 68.0 Å². The van der Waals surface area contributed by atoms with E-state index in [1.165, 1.54) is 115 Å². The van der Waals surface area contributed by atoms with Crippen LogP contribution in [0.5, 0.6) is 0 Å². The summed E-state index contributed by atoms with van der Waals surface area (Å²) in [6.07, 6.45) is 8.41. The van der Waals surface area contributed by atoms with Gasteiger partial charge in [-0.15, -0.1) is 0 Å². The first-order valence-corrected chi connectivity index (χ1v) is 18.5. The van der Waals surface area contributed by atoms with E-state index in [1.54, 1.807) is 5.56 Å². The van der Waals surface area contributed by atoms with Crippen LogP contribution < -0.4 is 26.2 Å². The van der Waals surface area contributed by atoms with Gasteiger partial charge < -0.3 is 9.80 Å². The van der Waals surface area contributed by atoms with Crippen LogP contribution in [0.3, 0.4) is 0 Å². The van der Waals surface area contributed by atoms with Crippen molar-refractivity contribution in [3.05, 3.63) is 137 Å². The Labute approximate surface area is 291 Å². The quantitative estimate of drug-likeness (QED) is 0.175. The highest BCUT2D eigenvalue weighted by Gasteiger charge is 2.45. The largest absolute Gasteiger partial charge is 0.311 e. The minimum atomic E-state index is 0.0341. The molecule has 0 aromatic heterocycles. The number of anilines is 6. The Balaban J connectivity index is 1.33. The smallest absolute Gasteiger partial charge is 0.252 e. The summed E-state index contributed by atoms with van der Waals surface area (Å²) in [5.41, 5.74) is 21.0. The molecule has 0 fully saturated rings. The fourth-order valence-electron chi connectivity index (χ4n) is 9.66. The van der Waals surface area contributed by atoms with E-state index in [1.807, 2.05) is 0 Å². The molecule has 0 bridgehead atoms. The van der Waals surface area contributed by atoms with Crippen LogP contribution in [0.4, 0.5) is 34.1 Å². The molecule has 2 heterocycles. The summed E-state index contributed by atoms with van der Waals surface area (Å²) in [6.45, 7) is 9.50. The van der Waals surface area contributed by atoms with E-state index in [9.17, 15) is 0 Å². The molecule has 49 heavy (non-hydrogen) atoms. The van der Waals surface area contributed by atoms with E-state index < -0.39 is 0 Å². The van der Waals surface area contributed by atoms with Gasteiger partial charge in [-0.2, -0.15) is 0 Å². The number of rotatable bonds is 2. The third kappa shape index (κ3) is 4.27. The molecule has 2 aliphatic heterocycles. The lowest BCUT2D eigenvalue weighted by atomic mass is 9.33. The minimum absolute atomic E-state index is 0.0341. The van der Waals surface area contributed by atoms with Crippen LogP contribution >= 0.6 is 0 Å². The third-order valence-electron chi connectivity index (χ3n) is 11.9. The zero-order valence-corrected chi connectivity index (χ0v) is 29.2. The van der Waals surface area contributed by atoms with E-state index >= 15 is 0 Å². The lowest BCUT2D eigenvalue weighted by molar-refractivity contribution is 0.590. The average molecular weight is 635 g/mol. The van der Waals surface area contributed by atoms with Crippen LogP contribution in [0, 0.1) is 6.92 Å². The molecular formula is C46H43BN2. The van der Waals surface area contributed by atoms with Crippen LogP contribution in [0.1, 0.15) is 73.4 Å². The number of para-hydroxylation sites is 1. The van der Waals surface area contributed by atoms with Gasteiger partial charge in [-0.25, -0.2) is 0 Å². The minimum Gasteiger partial charge on any atom is -0.311 e. The zero-order chi connectivity index (χ0) is 33.0. The van der Waals surface area contributed by atoms with Crippen LogP contribution in [0.25, 0.3) is 10.8 Å². The summed E-state index contributed by atoms with van der Waals surface area (Å²) >= 11 is 0. The molecule has 0 saturated carbocycles. The first-order chi connectivity index (χ1) is 23.9. The Morgan fingerprint density at radius 3 is 2.10 bits per heavy atom. The molecule has 240 valence electrons. The molecule has 2 nitrogen and oxygen atoms in total. The fraction of sp³-hybridized carbons (Fsp3) is 0.261.